The van der Waals surface area contributed by atoms with Crippen molar-refractivity contribution in [2.75, 3.05) is 156 Å². The van der Waals surface area contributed by atoms with E-state index in [0.717, 1.165) is 76.7 Å². The maximum atomic E-state index is 13.1. The molecule has 4 heterocycles. The summed E-state index contributed by atoms with van der Waals surface area (Å²) in [7, 11) is -1.59. The number of anilines is 1. The number of aromatic nitrogens is 2. The van der Waals surface area contributed by atoms with E-state index in [2.05, 4.69) is 73.0 Å². The number of esters is 1. The standard InChI is InChI=1S/C23H34N2O8S2.C19H31N3O4S2.C18H26N2O4S/c1-3-32-23(27)22-19-8-7-17(25(19)2)14-20(22)33-35(28,29)18-6-4-5-16(13-18)24-21(26)15-31-10-9-30-11-12-34;1-22(2)7-5-17-14-20-19-4-3-16(13-18(17)19)15-28(23,24)21-6-8-25-9-10-26-11-12-27;1-14(21)19-5-4-15-13-20-18-3-2-16(12-17(15)18)24-9-8-22-6-7-23-10-11-25/h4-6,13,17,19-20,22,34H,3,7-12,14-15H2,1-2H3,(H,24,26);3-4,13-14,20-21,27H,5-12,15H2,1-2H3;2-3,12-13,20,25H,4-11H2,1H3,(H,19,21). The topological polar surface area (TPSA) is 277 Å². The van der Waals surface area contributed by atoms with Gasteiger partial charge in [-0.25, -0.2) is 13.1 Å². The Bertz CT molecular complexity index is 3100. The largest absolute Gasteiger partial charge is 0.491 e. The molecule has 2 amide bonds. The summed E-state index contributed by atoms with van der Waals surface area (Å²) in [5, 5.41) is 7.63. The van der Waals surface area contributed by atoms with Crippen LogP contribution in [0, 0.1) is 5.92 Å². The average molecular weight is 1330 g/mol. The number of H-pyrrole nitrogens is 2. The van der Waals surface area contributed by atoms with Crippen LogP contribution in [0.25, 0.3) is 21.8 Å². The van der Waals surface area contributed by atoms with Gasteiger partial charge in [0.25, 0.3) is 10.1 Å². The highest BCUT2D eigenvalue weighted by Gasteiger charge is 2.51. The van der Waals surface area contributed by atoms with E-state index in [9.17, 15) is 31.2 Å². The van der Waals surface area contributed by atoms with Crippen molar-refractivity contribution in [1.82, 2.24) is 29.8 Å². The summed E-state index contributed by atoms with van der Waals surface area (Å²) < 4.78 is 102. The van der Waals surface area contributed by atoms with Crippen LogP contribution in [0.2, 0.25) is 0 Å². The second kappa shape index (κ2) is 40.4. The van der Waals surface area contributed by atoms with E-state index in [1.165, 1.54) is 30.7 Å². The fourth-order valence-corrected chi connectivity index (χ4v) is 12.5. The van der Waals surface area contributed by atoms with E-state index >= 15 is 0 Å². The number of likely N-dealkylation sites (N-methyl/N-ethyl adjacent to an activating group) is 1. The third-order valence-electron chi connectivity index (χ3n) is 14.1. The first-order valence-electron chi connectivity index (χ1n) is 29.6. The minimum Gasteiger partial charge on any atom is -0.491 e. The van der Waals surface area contributed by atoms with Crippen LogP contribution in [0.1, 0.15) is 49.8 Å². The molecule has 7 rings (SSSR count). The number of fused-ring (bicyclic) bond motifs is 4. The molecule has 492 valence electrons. The first-order chi connectivity index (χ1) is 42.4. The second-order valence-corrected chi connectivity index (χ2v) is 25.7. The molecule has 28 heteroatoms. The zero-order chi connectivity index (χ0) is 63.7. The fourth-order valence-electron chi connectivity index (χ4n) is 9.89. The van der Waals surface area contributed by atoms with Crippen LogP contribution in [0.3, 0.4) is 0 Å². The van der Waals surface area contributed by atoms with Crippen LogP contribution in [0.5, 0.6) is 5.75 Å². The number of nitrogens with one attached hydrogen (secondary N) is 5. The molecule has 5 aromatic rings. The van der Waals surface area contributed by atoms with Gasteiger partial charge >= 0.3 is 5.97 Å². The van der Waals surface area contributed by atoms with Gasteiger partial charge in [0.1, 0.15) is 19.0 Å². The molecule has 0 spiro atoms. The summed E-state index contributed by atoms with van der Waals surface area (Å²) >= 11 is 12.1. The highest BCUT2D eigenvalue weighted by atomic mass is 32.2. The lowest BCUT2D eigenvalue weighted by molar-refractivity contribution is -0.157. The molecule has 2 aliphatic heterocycles. The van der Waals surface area contributed by atoms with Crippen LogP contribution >= 0.6 is 37.9 Å². The second-order valence-electron chi connectivity index (χ2n) is 20.9. The van der Waals surface area contributed by atoms with Gasteiger partial charge in [0.15, 0.2) is 0 Å². The van der Waals surface area contributed by atoms with Crippen LogP contribution in [-0.2, 0) is 90.5 Å². The van der Waals surface area contributed by atoms with Gasteiger partial charge in [0.2, 0.25) is 21.8 Å². The summed E-state index contributed by atoms with van der Waals surface area (Å²) in [6, 6.07) is 17.5. The fraction of sp³-hybridized carbons (Fsp3) is 0.583. The summed E-state index contributed by atoms with van der Waals surface area (Å²) in [5.41, 5.74) is 5.50. The summed E-state index contributed by atoms with van der Waals surface area (Å²) in [5.74, 6) is 1.18. The highest BCUT2D eigenvalue weighted by molar-refractivity contribution is 7.88. The van der Waals surface area contributed by atoms with Gasteiger partial charge in [0, 0.05) is 95.8 Å². The van der Waals surface area contributed by atoms with Crippen molar-refractivity contribution < 1.29 is 73.3 Å². The number of piperidine rings is 1. The number of carbonyl (C=O) groups is 3. The van der Waals surface area contributed by atoms with Crippen LogP contribution < -0.4 is 20.1 Å². The predicted molar refractivity (Wildman–Crippen MR) is 350 cm³/mol. The Morgan fingerprint density at radius 3 is 1.94 bits per heavy atom. The number of hydrogen-bond acceptors (Lipinski definition) is 21. The van der Waals surface area contributed by atoms with Crippen molar-refractivity contribution in [1.29, 1.82) is 0 Å². The molecule has 23 nitrogen and oxygen atoms in total. The van der Waals surface area contributed by atoms with Crippen molar-refractivity contribution in [3.05, 3.63) is 89.7 Å². The molecular weight excluding hydrogens is 1240 g/mol. The van der Waals surface area contributed by atoms with Gasteiger partial charge in [0.05, 0.1) is 102 Å². The van der Waals surface area contributed by atoms with Gasteiger partial charge in [-0.05, 0) is 125 Å². The smallest absolute Gasteiger partial charge is 0.313 e. The van der Waals surface area contributed by atoms with Crippen molar-refractivity contribution in [2.45, 2.75) is 74.8 Å². The van der Waals surface area contributed by atoms with Crippen molar-refractivity contribution in [3.63, 3.8) is 0 Å². The van der Waals surface area contributed by atoms with E-state index < -0.39 is 44.0 Å². The normalized spacial score (nSPS) is 16.7. The summed E-state index contributed by atoms with van der Waals surface area (Å²) in [6.45, 7) is 10.8. The Balaban J connectivity index is 0.000000244. The number of sulfonamides is 1. The number of amides is 2. The van der Waals surface area contributed by atoms with E-state index in [0.29, 0.717) is 103 Å². The highest BCUT2D eigenvalue weighted by Crippen LogP contribution is 2.41. The van der Waals surface area contributed by atoms with Gasteiger partial charge in [-0.15, -0.1) is 0 Å². The minimum absolute atomic E-state index is 0.0140. The summed E-state index contributed by atoms with van der Waals surface area (Å²) in [4.78, 5) is 46.5. The van der Waals surface area contributed by atoms with Crippen molar-refractivity contribution >= 4 is 103 Å². The number of hydrogen-bond donors (Lipinski definition) is 8. The summed E-state index contributed by atoms with van der Waals surface area (Å²) in [6.07, 6.45) is 6.93. The molecule has 0 aliphatic carbocycles. The molecule has 4 unspecified atom stereocenters. The zero-order valence-corrected chi connectivity index (χ0v) is 55.5. The monoisotopic (exact) mass is 1330 g/mol. The number of thiol groups is 3. The van der Waals surface area contributed by atoms with Crippen LogP contribution in [0.15, 0.2) is 78.0 Å². The van der Waals surface area contributed by atoms with Crippen LogP contribution in [-0.4, -0.2) is 223 Å². The quantitative estimate of drug-likeness (QED) is 0.0104. The number of aromatic amines is 2. The van der Waals surface area contributed by atoms with Gasteiger partial charge in [-0.3, -0.25) is 23.5 Å². The molecule has 0 radical (unpaired) electrons. The molecule has 2 bridgehead atoms. The van der Waals surface area contributed by atoms with Gasteiger partial charge in [-0.2, -0.15) is 46.3 Å². The predicted octanol–water partition coefficient (Wildman–Crippen LogP) is 5.55. The molecule has 2 aromatic heterocycles. The number of carbonyl (C=O) groups excluding carboxylic acids is 3. The molecule has 2 fully saturated rings. The van der Waals surface area contributed by atoms with Gasteiger partial charge in [-0.1, -0.05) is 12.1 Å². The third-order valence-corrected chi connectivity index (χ3v) is 17.3. The maximum Gasteiger partial charge on any atom is 0.313 e. The van der Waals surface area contributed by atoms with Crippen LogP contribution in [0.4, 0.5) is 5.69 Å². The molecule has 4 atom stereocenters. The Morgan fingerprint density at radius 1 is 0.705 bits per heavy atom. The molecule has 3 aromatic carbocycles. The van der Waals surface area contributed by atoms with Crippen molar-refractivity contribution in [3.8, 4) is 5.75 Å². The SMILES string of the molecule is CC(=O)NCCc1c[nH]c2ccc(OCCOCCOCCS)cc12.CCOC(=O)C1C(OS(=O)(=O)c2cccc(NC(=O)COCCOCCS)c2)CC2CCC1N2C.CN(C)CCc1c[nH]c2ccc(CS(=O)(=O)NCCOCCOCCS)cc12. The molecule has 2 aliphatic rings. The molecule has 88 heavy (non-hydrogen) atoms. The average Bonchev–Trinajstić information content (AvgIpc) is 2.26. The maximum absolute atomic E-state index is 13.1. The lowest BCUT2D eigenvalue weighted by Gasteiger charge is -2.40. The van der Waals surface area contributed by atoms with E-state index in [1.54, 1.807) is 13.0 Å². The number of rotatable bonds is 39. The minimum atomic E-state index is -4.20. The molecular formula is C60H91N7O16S5. The lowest BCUT2D eigenvalue weighted by Crippen LogP contribution is -2.53. The zero-order valence-electron chi connectivity index (χ0n) is 51.2. The Labute approximate surface area is 535 Å². The Hall–Kier alpha value is -4.50. The first-order valence-corrected chi connectivity index (χ1v) is 34.5. The Morgan fingerprint density at radius 2 is 1.31 bits per heavy atom. The third kappa shape index (κ3) is 26.4. The lowest BCUT2D eigenvalue weighted by atomic mass is 9.88. The van der Waals surface area contributed by atoms with E-state index in [4.69, 9.17) is 42.1 Å². The molecule has 2 saturated heterocycles. The first kappa shape index (κ1) is 74.2. The molecule has 0 saturated carbocycles. The number of ether oxygens (including phenoxy) is 8. The number of nitrogens with zero attached hydrogens (tertiary/aromatic N) is 2. The van der Waals surface area contributed by atoms with Crippen molar-refractivity contribution in [2.24, 2.45) is 5.92 Å². The van der Waals surface area contributed by atoms with E-state index in [1.807, 2.05) is 69.9 Å². The Kier molecular flexibility index (Phi) is 34.1. The van der Waals surface area contributed by atoms with Gasteiger partial charge < -0.3 is 63.4 Å². The van der Waals surface area contributed by atoms with E-state index in [-0.39, 0.29) is 55.0 Å². The molecule has 5 N–H and O–H groups in total. The number of benzene rings is 3.